The molecule has 11 heavy (non-hydrogen) atoms. The third-order valence-electron chi connectivity index (χ3n) is 2.14. The van der Waals surface area contributed by atoms with Gasteiger partial charge in [-0.3, -0.25) is 0 Å². The first-order valence-corrected chi connectivity index (χ1v) is 4.39. The van der Waals surface area contributed by atoms with Gasteiger partial charge >= 0.3 is 0 Å². The highest BCUT2D eigenvalue weighted by molar-refractivity contribution is 5.11. The molecule has 0 saturated carbocycles. The minimum absolute atomic E-state index is 0.299. The quantitative estimate of drug-likeness (QED) is 0.602. The topological polar surface area (TPSA) is 26.0 Å². The molecule has 0 radical (unpaired) electrons. The molecule has 1 rings (SSSR count). The van der Waals surface area contributed by atoms with Crippen LogP contribution >= 0.6 is 0 Å². The average molecular weight is 151 g/mol. The highest BCUT2D eigenvalue weighted by Crippen LogP contribution is 2.19. The molecule has 1 atom stereocenters. The second-order valence-corrected chi connectivity index (χ2v) is 3.23. The molecule has 2 N–H and O–H groups in total. The molecule has 0 bridgehead atoms. The third kappa shape index (κ3) is 2.89. The molecule has 0 aromatic rings. The van der Waals surface area contributed by atoms with Crippen LogP contribution in [0.2, 0.25) is 0 Å². The monoisotopic (exact) mass is 151 g/mol. The lowest BCUT2D eigenvalue weighted by Crippen LogP contribution is -2.15. The molecule has 0 heterocycles. The Morgan fingerprint density at radius 3 is 3.18 bits per heavy atom. The third-order valence-corrected chi connectivity index (χ3v) is 2.14. The van der Waals surface area contributed by atoms with Gasteiger partial charge in [-0.05, 0) is 25.7 Å². The van der Waals surface area contributed by atoms with Gasteiger partial charge in [0.2, 0.25) is 0 Å². The maximum atomic E-state index is 5.84. The molecule has 0 aromatic carbocycles. The zero-order chi connectivity index (χ0) is 8.10. The van der Waals surface area contributed by atoms with Crippen molar-refractivity contribution >= 4 is 0 Å². The molecular weight excluding hydrogens is 134 g/mol. The summed E-state index contributed by atoms with van der Waals surface area (Å²) in [5.74, 6) is 0. The molecule has 0 fully saturated rings. The van der Waals surface area contributed by atoms with Gasteiger partial charge in [0.25, 0.3) is 0 Å². The maximum Gasteiger partial charge on any atom is 0.0226 e. The Bertz CT molecular complexity index is 158. The Hall–Kier alpha value is -0.560. The van der Waals surface area contributed by atoms with E-state index in [1.165, 1.54) is 24.8 Å². The number of nitrogens with two attached hydrogens (primary N) is 1. The average Bonchev–Trinajstić information content (AvgIpc) is 2.15. The van der Waals surface area contributed by atoms with Gasteiger partial charge in [-0.15, -0.1) is 6.58 Å². The minimum Gasteiger partial charge on any atom is -0.324 e. The first-order chi connectivity index (χ1) is 5.33. The molecule has 1 heteroatoms. The smallest absolute Gasteiger partial charge is 0.0226 e. The summed E-state index contributed by atoms with van der Waals surface area (Å²) >= 11 is 0. The van der Waals surface area contributed by atoms with E-state index in [9.17, 15) is 0 Å². The Labute approximate surface area is 69.0 Å². The second kappa shape index (κ2) is 4.35. The van der Waals surface area contributed by atoms with E-state index in [2.05, 4.69) is 12.7 Å². The standard InChI is InChI=1S/C10H17N/c1-2-5-9-6-3-4-7-10(11)8-9/h2,8,10H,1,3-7,11H2. The van der Waals surface area contributed by atoms with Gasteiger partial charge in [0.15, 0.2) is 0 Å². The molecule has 0 spiro atoms. The summed E-state index contributed by atoms with van der Waals surface area (Å²) in [6.07, 6.45) is 10.2. The minimum atomic E-state index is 0.299. The lowest BCUT2D eigenvalue weighted by molar-refractivity contribution is 0.654. The predicted molar refractivity (Wildman–Crippen MR) is 49.3 cm³/mol. The lowest BCUT2D eigenvalue weighted by Gasteiger charge is -2.02. The van der Waals surface area contributed by atoms with Crippen LogP contribution < -0.4 is 5.73 Å². The van der Waals surface area contributed by atoms with Crippen molar-refractivity contribution in [2.75, 3.05) is 0 Å². The Morgan fingerprint density at radius 2 is 2.45 bits per heavy atom. The van der Waals surface area contributed by atoms with Crippen molar-refractivity contribution in [2.24, 2.45) is 5.73 Å². The first-order valence-electron chi connectivity index (χ1n) is 4.39. The molecule has 0 aromatic heterocycles. The largest absolute Gasteiger partial charge is 0.324 e. The predicted octanol–water partition coefficient (Wildman–Crippen LogP) is 2.39. The SMILES string of the molecule is C=CCC1=CC(N)CCCC1. The molecule has 1 aliphatic carbocycles. The first kappa shape index (κ1) is 8.54. The van der Waals surface area contributed by atoms with Crippen molar-refractivity contribution in [3.8, 4) is 0 Å². The Morgan fingerprint density at radius 1 is 1.64 bits per heavy atom. The normalized spacial score (nSPS) is 25.5. The fraction of sp³-hybridized carbons (Fsp3) is 0.600. The van der Waals surface area contributed by atoms with E-state index in [4.69, 9.17) is 5.73 Å². The van der Waals surface area contributed by atoms with Crippen LogP contribution in [0, 0.1) is 0 Å². The summed E-state index contributed by atoms with van der Waals surface area (Å²) in [7, 11) is 0. The van der Waals surface area contributed by atoms with Gasteiger partial charge in [-0.1, -0.05) is 24.1 Å². The highest BCUT2D eigenvalue weighted by Gasteiger charge is 2.06. The zero-order valence-corrected chi connectivity index (χ0v) is 7.05. The van der Waals surface area contributed by atoms with E-state index in [1.54, 1.807) is 0 Å². The fourth-order valence-electron chi connectivity index (χ4n) is 1.56. The van der Waals surface area contributed by atoms with Crippen molar-refractivity contribution < 1.29 is 0 Å². The van der Waals surface area contributed by atoms with Crippen molar-refractivity contribution in [1.82, 2.24) is 0 Å². The van der Waals surface area contributed by atoms with Crippen molar-refractivity contribution in [3.05, 3.63) is 24.3 Å². The van der Waals surface area contributed by atoms with E-state index in [0.717, 1.165) is 12.8 Å². The fourth-order valence-corrected chi connectivity index (χ4v) is 1.56. The van der Waals surface area contributed by atoms with E-state index in [-0.39, 0.29) is 0 Å². The van der Waals surface area contributed by atoms with Crippen molar-refractivity contribution in [3.63, 3.8) is 0 Å². The van der Waals surface area contributed by atoms with Crippen molar-refractivity contribution in [1.29, 1.82) is 0 Å². The molecule has 1 nitrogen and oxygen atoms in total. The van der Waals surface area contributed by atoms with E-state index >= 15 is 0 Å². The van der Waals surface area contributed by atoms with Gasteiger partial charge in [-0.25, -0.2) is 0 Å². The summed E-state index contributed by atoms with van der Waals surface area (Å²) in [4.78, 5) is 0. The Kier molecular flexibility index (Phi) is 3.37. The molecule has 62 valence electrons. The van der Waals surface area contributed by atoms with Crippen LogP contribution in [0.3, 0.4) is 0 Å². The maximum absolute atomic E-state index is 5.84. The molecular formula is C10H17N. The summed E-state index contributed by atoms with van der Waals surface area (Å²) in [6.45, 7) is 3.73. The molecule has 1 unspecified atom stereocenters. The van der Waals surface area contributed by atoms with E-state index in [0.29, 0.717) is 6.04 Å². The van der Waals surface area contributed by atoms with Gasteiger partial charge in [-0.2, -0.15) is 0 Å². The number of allylic oxidation sites excluding steroid dienone is 2. The number of hydrogen-bond donors (Lipinski definition) is 1. The van der Waals surface area contributed by atoms with Gasteiger partial charge in [0.05, 0.1) is 0 Å². The molecule has 0 aliphatic heterocycles. The van der Waals surface area contributed by atoms with Crippen LogP contribution in [0.4, 0.5) is 0 Å². The van der Waals surface area contributed by atoms with Crippen LogP contribution in [0.1, 0.15) is 32.1 Å². The van der Waals surface area contributed by atoms with Gasteiger partial charge in [0, 0.05) is 6.04 Å². The summed E-state index contributed by atoms with van der Waals surface area (Å²) in [5, 5.41) is 0. The summed E-state index contributed by atoms with van der Waals surface area (Å²) < 4.78 is 0. The molecule has 0 amide bonds. The van der Waals surface area contributed by atoms with Crippen LogP contribution in [-0.4, -0.2) is 6.04 Å². The van der Waals surface area contributed by atoms with Crippen LogP contribution in [-0.2, 0) is 0 Å². The van der Waals surface area contributed by atoms with Crippen LogP contribution in [0.25, 0.3) is 0 Å². The number of rotatable bonds is 2. The van der Waals surface area contributed by atoms with Crippen molar-refractivity contribution in [2.45, 2.75) is 38.1 Å². The summed E-state index contributed by atoms with van der Waals surface area (Å²) in [6, 6.07) is 0.299. The Balaban J connectivity index is 2.51. The van der Waals surface area contributed by atoms with Gasteiger partial charge in [0.1, 0.15) is 0 Å². The molecule has 1 aliphatic rings. The zero-order valence-electron chi connectivity index (χ0n) is 7.05. The number of hydrogen-bond acceptors (Lipinski definition) is 1. The summed E-state index contributed by atoms with van der Waals surface area (Å²) in [5.41, 5.74) is 7.32. The van der Waals surface area contributed by atoms with Crippen LogP contribution in [0.5, 0.6) is 0 Å². The molecule has 0 saturated heterocycles. The van der Waals surface area contributed by atoms with E-state index in [1.807, 2.05) is 6.08 Å². The second-order valence-electron chi connectivity index (χ2n) is 3.23. The lowest BCUT2D eigenvalue weighted by atomic mass is 10.1. The van der Waals surface area contributed by atoms with Gasteiger partial charge < -0.3 is 5.73 Å². The van der Waals surface area contributed by atoms with Crippen LogP contribution in [0.15, 0.2) is 24.3 Å². The highest BCUT2D eigenvalue weighted by atomic mass is 14.6. The van der Waals surface area contributed by atoms with E-state index < -0.39 is 0 Å².